The molecule has 0 bridgehead atoms. The number of carbonyl (C=O) groups excluding carboxylic acids is 1. The van der Waals surface area contributed by atoms with E-state index < -0.39 is 0 Å². The van der Waals surface area contributed by atoms with Crippen LogP contribution in [-0.2, 0) is 0 Å². The number of rotatable bonds is 1. The lowest BCUT2D eigenvalue weighted by Crippen LogP contribution is -2.38. The Morgan fingerprint density at radius 3 is 2.73 bits per heavy atom. The molecule has 0 unspecified atom stereocenters. The van der Waals surface area contributed by atoms with Gasteiger partial charge in [-0.15, -0.1) is 0 Å². The molecule has 0 atom stereocenters. The summed E-state index contributed by atoms with van der Waals surface area (Å²) in [6.07, 6.45) is 3.41. The maximum atomic E-state index is 12.0. The van der Waals surface area contributed by atoms with Crippen LogP contribution in [0.15, 0.2) is 16.7 Å². The van der Waals surface area contributed by atoms with E-state index >= 15 is 0 Å². The summed E-state index contributed by atoms with van der Waals surface area (Å²) in [5.41, 5.74) is 0.463. The van der Waals surface area contributed by atoms with Crippen LogP contribution in [0.2, 0.25) is 5.22 Å². The number of amides is 1. The molecular weight excluding hydrogens is 281 g/mol. The van der Waals surface area contributed by atoms with Crippen molar-refractivity contribution in [3.63, 3.8) is 0 Å². The molecule has 15 heavy (non-hydrogen) atoms. The molecule has 1 aromatic heterocycles. The molecule has 5 heteroatoms. The second-order valence-corrected chi connectivity index (χ2v) is 5.21. The van der Waals surface area contributed by atoms with Gasteiger partial charge in [-0.25, -0.2) is 0 Å². The first-order valence-corrected chi connectivity index (χ1v) is 6.14. The smallest absolute Gasteiger partial charge is 0.258 e. The molecule has 1 aliphatic rings. The predicted octanol–water partition coefficient (Wildman–Crippen LogP) is 2.93. The number of furan rings is 1. The molecule has 82 valence electrons. The van der Waals surface area contributed by atoms with E-state index in [1.165, 1.54) is 6.26 Å². The summed E-state index contributed by atoms with van der Waals surface area (Å²) >= 11 is 9.30. The Bertz CT molecular complexity index is 358. The number of nitrogens with zero attached hydrogens (tertiary/aromatic N) is 1. The van der Waals surface area contributed by atoms with Crippen molar-refractivity contribution in [2.24, 2.45) is 0 Å². The van der Waals surface area contributed by atoms with Gasteiger partial charge in [-0.2, -0.15) is 0 Å². The van der Waals surface area contributed by atoms with Crippen LogP contribution in [0.25, 0.3) is 0 Å². The second kappa shape index (κ2) is 4.58. The molecule has 1 aromatic rings. The Morgan fingerprint density at radius 1 is 1.53 bits per heavy atom. The van der Waals surface area contributed by atoms with Gasteiger partial charge in [-0.05, 0) is 30.5 Å². The van der Waals surface area contributed by atoms with Crippen LogP contribution in [-0.4, -0.2) is 28.7 Å². The topological polar surface area (TPSA) is 33.5 Å². The number of hydrogen-bond donors (Lipinski definition) is 0. The summed E-state index contributed by atoms with van der Waals surface area (Å²) in [6, 6.07) is 1.62. The van der Waals surface area contributed by atoms with Crippen molar-refractivity contribution in [1.29, 1.82) is 0 Å². The summed E-state index contributed by atoms with van der Waals surface area (Å²) in [5, 5.41) is 0.181. The van der Waals surface area contributed by atoms with E-state index in [4.69, 9.17) is 16.0 Å². The largest absolute Gasteiger partial charge is 0.452 e. The highest BCUT2D eigenvalue weighted by Crippen LogP contribution is 2.22. The minimum Gasteiger partial charge on any atom is -0.452 e. The van der Waals surface area contributed by atoms with Gasteiger partial charge in [0.15, 0.2) is 0 Å². The highest BCUT2D eigenvalue weighted by Gasteiger charge is 2.24. The van der Waals surface area contributed by atoms with Crippen molar-refractivity contribution >= 4 is 33.4 Å². The summed E-state index contributed by atoms with van der Waals surface area (Å²) < 4.78 is 4.91. The zero-order valence-electron chi connectivity index (χ0n) is 8.08. The Hall–Kier alpha value is -0.480. The maximum absolute atomic E-state index is 12.0. The Labute approximate surface area is 102 Å². The van der Waals surface area contributed by atoms with E-state index in [2.05, 4.69) is 15.9 Å². The van der Waals surface area contributed by atoms with Crippen LogP contribution in [0.1, 0.15) is 23.2 Å². The van der Waals surface area contributed by atoms with Crippen LogP contribution < -0.4 is 0 Å². The summed E-state index contributed by atoms with van der Waals surface area (Å²) in [7, 11) is 0. The lowest BCUT2D eigenvalue weighted by Gasteiger charge is -2.29. The van der Waals surface area contributed by atoms with Gasteiger partial charge < -0.3 is 9.32 Å². The molecule has 1 saturated heterocycles. The fourth-order valence-corrected chi connectivity index (χ4v) is 2.27. The summed E-state index contributed by atoms with van der Waals surface area (Å²) in [6.45, 7) is 1.55. The van der Waals surface area contributed by atoms with Crippen LogP contribution in [0, 0.1) is 0 Å². The normalized spacial score (nSPS) is 18.1. The van der Waals surface area contributed by atoms with Gasteiger partial charge in [0.05, 0.1) is 11.8 Å². The molecule has 0 N–H and O–H groups in total. The van der Waals surface area contributed by atoms with E-state index in [-0.39, 0.29) is 11.1 Å². The van der Waals surface area contributed by atoms with Gasteiger partial charge in [0.2, 0.25) is 5.22 Å². The fourth-order valence-electron chi connectivity index (χ4n) is 1.67. The Morgan fingerprint density at radius 2 is 2.20 bits per heavy atom. The number of halogens is 2. The fraction of sp³-hybridized carbons (Fsp3) is 0.500. The number of alkyl halides is 1. The standard InChI is InChI=1S/C10H11BrClNO2/c11-7-1-4-13(5-2-7)10(14)8-3-6-15-9(8)12/h3,6-7H,1-2,4-5H2. The molecule has 1 aliphatic heterocycles. The molecule has 1 amide bonds. The molecule has 0 aliphatic carbocycles. The van der Waals surface area contributed by atoms with Gasteiger partial charge in [-0.3, -0.25) is 4.79 Å². The molecule has 0 radical (unpaired) electrons. The van der Waals surface area contributed by atoms with E-state index in [9.17, 15) is 4.79 Å². The van der Waals surface area contributed by atoms with Crippen LogP contribution >= 0.6 is 27.5 Å². The second-order valence-electron chi connectivity index (χ2n) is 3.57. The van der Waals surface area contributed by atoms with Crippen LogP contribution in [0.4, 0.5) is 0 Å². The van der Waals surface area contributed by atoms with Crippen molar-refractivity contribution in [2.75, 3.05) is 13.1 Å². The Balaban J connectivity index is 2.06. The van der Waals surface area contributed by atoms with E-state index in [0.717, 1.165) is 25.9 Å². The average Bonchev–Trinajstić information content (AvgIpc) is 2.65. The minimum absolute atomic E-state index is 0.0341. The van der Waals surface area contributed by atoms with E-state index in [0.29, 0.717) is 10.4 Å². The maximum Gasteiger partial charge on any atom is 0.258 e. The lowest BCUT2D eigenvalue weighted by molar-refractivity contribution is 0.0728. The molecule has 0 spiro atoms. The highest BCUT2D eigenvalue weighted by atomic mass is 79.9. The molecule has 0 aromatic carbocycles. The van der Waals surface area contributed by atoms with Crippen molar-refractivity contribution in [3.8, 4) is 0 Å². The molecule has 2 heterocycles. The van der Waals surface area contributed by atoms with Crippen molar-refractivity contribution in [1.82, 2.24) is 4.90 Å². The predicted molar refractivity (Wildman–Crippen MR) is 61.6 cm³/mol. The number of piperidine rings is 1. The third-order valence-corrected chi connectivity index (χ3v) is 3.77. The number of likely N-dealkylation sites (tertiary alicyclic amines) is 1. The molecule has 1 fully saturated rings. The lowest BCUT2D eigenvalue weighted by atomic mass is 10.1. The highest BCUT2D eigenvalue weighted by molar-refractivity contribution is 9.09. The number of carbonyl (C=O) groups is 1. The molecule has 0 saturated carbocycles. The Kier molecular flexibility index (Phi) is 3.36. The first-order valence-electron chi connectivity index (χ1n) is 4.85. The van der Waals surface area contributed by atoms with Crippen LogP contribution in [0.5, 0.6) is 0 Å². The van der Waals surface area contributed by atoms with Crippen molar-refractivity contribution in [2.45, 2.75) is 17.7 Å². The van der Waals surface area contributed by atoms with E-state index in [1.807, 2.05) is 4.90 Å². The van der Waals surface area contributed by atoms with Gasteiger partial charge in [0, 0.05) is 17.9 Å². The van der Waals surface area contributed by atoms with Gasteiger partial charge in [-0.1, -0.05) is 15.9 Å². The van der Waals surface area contributed by atoms with Crippen molar-refractivity contribution < 1.29 is 9.21 Å². The number of hydrogen-bond acceptors (Lipinski definition) is 2. The van der Waals surface area contributed by atoms with Crippen LogP contribution in [0.3, 0.4) is 0 Å². The van der Waals surface area contributed by atoms with Gasteiger partial charge in [0.1, 0.15) is 0 Å². The van der Waals surface area contributed by atoms with Gasteiger partial charge in [0.25, 0.3) is 5.91 Å². The van der Waals surface area contributed by atoms with E-state index in [1.54, 1.807) is 6.07 Å². The zero-order valence-corrected chi connectivity index (χ0v) is 10.4. The minimum atomic E-state index is -0.0341. The summed E-state index contributed by atoms with van der Waals surface area (Å²) in [5.74, 6) is -0.0341. The van der Waals surface area contributed by atoms with Crippen molar-refractivity contribution in [3.05, 3.63) is 23.1 Å². The molecule has 2 rings (SSSR count). The third kappa shape index (κ3) is 2.37. The average molecular weight is 293 g/mol. The molecular formula is C10H11BrClNO2. The first kappa shape index (κ1) is 11.0. The summed E-state index contributed by atoms with van der Waals surface area (Å²) in [4.78, 5) is 14.3. The quantitative estimate of drug-likeness (QED) is 0.746. The van der Waals surface area contributed by atoms with Gasteiger partial charge >= 0.3 is 0 Å². The zero-order chi connectivity index (χ0) is 10.8. The molecule has 3 nitrogen and oxygen atoms in total. The SMILES string of the molecule is O=C(c1ccoc1Cl)N1CCC(Br)CC1. The third-order valence-electron chi connectivity index (χ3n) is 2.56. The monoisotopic (exact) mass is 291 g/mol. The first-order chi connectivity index (χ1) is 7.18.